The maximum atomic E-state index is 12.8. The number of hydrogen-bond donors (Lipinski definition) is 2. The minimum Gasteiger partial charge on any atom is -0.462 e. The molecular weight excluding hydrogens is 856 g/mol. The van der Waals surface area contributed by atoms with Crippen molar-refractivity contribution in [2.75, 3.05) is 26.4 Å². The summed E-state index contributed by atoms with van der Waals surface area (Å²) in [6.07, 6.45) is 55.3. The van der Waals surface area contributed by atoms with Gasteiger partial charge in [-0.25, -0.2) is 4.57 Å². The number of aliphatic hydroxyl groups is 1. The van der Waals surface area contributed by atoms with E-state index >= 15 is 0 Å². The van der Waals surface area contributed by atoms with Crippen LogP contribution in [-0.2, 0) is 42.2 Å². The lowest BCUT2D eigenvalue weighted by Crippen LogP contribution is -2.30. The Hall–Kier alpha value is -3.86. The zero-order valence-corrected chi connectivity index (χ0v) is 41.8. The van der Waals surface area contributed by atoms with Gasteiger partial charge >= 0.3 is 25.7 Å². The normalized spacial score (nSPS) is 14.4. The van der Waals surface area contributed by atoms with Crippen LogP contribution in [0.3, 0.4) is 0 Å². The highest BCUT2D eigenvalue weighted by molar-refractivity contribution is 7.47. The fraction of sp³-hybridized carbons (Fsp3) is 0.611. The molecule has 2 N–H and O–H groups in total. The molecule has 0 fully saturated rings. The van der Waals surface area contributed by atoms with Gasteiger partial charge in [-0.3, -0.25) is 23.4 Å². The summed E-state index contributed by atoms with van der Waals surface area (Å²) < 4.78 is 39.1. The molecule has 0 aromatic heterocycles. The molecule has 0 aliphatic rings. The van der Waals surface area contributed by atoms with Gasteiger partial charge in [0, 0.05) is 19.3 Å². The standard InChI is InChI=1S/C54H87O11P/c1-4-7-10-13-16-19-22-25-28-31-34-37-40-43-52(56)61-47-51(65-54(58)45-42-39-36-33-30-27-24-21-18-15-12-9-6-3)49-63-66(59,60)62-48-50(46-55)64-53(57)44-41-38-35-32-29-26-23-20-17-14-11-8-5-2/h7,9-10,12,16,18-21,23,25,27-28,30,34,36-37,39,50-51,55H,4-6,8,11,13-15,17,22,24,26,29,31-33,35,38,40-49H2,1-3H3,(H,59,60)/b10-7-,12-9-,19-16-,21-18-,23-20-,28-25-,30-27-,37-34-,39-36-. The van der Waals surface area contributed by atoms with E-state index in [2.05, 4.69) is 99.8 Å². The van der Waals surface area contributed by atoms with E-state index in [-0.39, 0.29) is 19.3 Å². The molecule has 0 rings (SSSR count). The number of phosphoric ester groups is 1. The highest BCUT2D eigenvalue weighted by Gasteiger charge is 2.28. The van der Waals surface area contributed by atoms with Gasteiger partial charge in [-0.1, -0.05) is 169 Å². The molecule has 3 atom stereocenters. The van der Waals surface area contributed by atoms with Crippen molar-refractivity contribution in [1.29, 1.82) is 0 Å². The number of hydrogen-bond acceptors (Lipinski definition) is 10. The van der Waals surface area contributed by atoms with Gasteiger partial charge < -0.3 is 24.2 Å². The third-order valence-electron chi connectivity index (χ3n) is 9.69. The van der Waals surface area contributed by atoms with Crippen molar-refractivity contribution in [1.82, 2.24) is 0 Å². The Kier molecular flexibility index (Phi) is 44.8. The molecule has 0 saturated carbocycles. The van der Waals surface area contributed by atoms with Crippen LogP contribution in [0.25, 0.3) is 0 Å². The van der Waals surface area contributed by atoms with Gasteiger partial charge in [0.1, 0.15) is 12.7 Å². The second-order valence-corrected chi connectivity index (χ2v) is 17.3. The van der Waals surface area contributed by atoms with Crippen LogP contribution in [0.1, 0.15) is 175 Å². The fourth-order valence-electron chi connectivity index (χ4n) is 5.96. The Labute approximate surface area is 399 Å². The zero-order valence-electron chi connectivity index (χ0n) is 40.9. The van der Waals surface area contributed by atoms with E-state index in [1.54, 1.807) is 0 Å². The summed E-state index contributed by atoms with van der Waals surface area (Å²) in [6.45, 7) is 4.17. The molecule has 0 aliphatic carbocycles. The first kappa shape index (κ1) is 62.1. The molecular formula is C54H87O11P. The van der Waals surface area contributed by atoms with Gasteiger partial charge in [0.25, 0.3) is 0 Å². The van der Waals surface area contributed by atoms with Gasteiger partial charge in [0.15, 0.2) is 6.10 Å². The summed E-state index contributed by atoms with van der Waals surface area (Å²) in [4.78, 5) is 48.1. The Bertz CT molecular complexity index is 1520. The summed E-state index contributed by atoms with van der Waals surface area (Å²) in [6, 6.07) is 0. The molecule has 3 unspecified atom stereocenters. The van der Waals surface area contributed by atoms with Crippen molar-refractivity contribution < 1.29 is 52.2 Å². The fourth-order valence-corrected chi connectivity index (χ4v) is 6.75. The molecule has 0 aromatic carbocycles. The monoisotopic (exact) mass is 943 g/mol. The number of carbonyl (C=O) groups is 3. The molecule has 0 heterocycles. The largest absolute Gasteiger partial charge is 0.472 e. The molecule has 11 nitrogen and oxygen atoms in total. The number of phosphoric acid groups is 1. The third kappa shape index (κ3) is 45.3. The maximum Gasteiger partial charge on any atom is 0.472 e. The Balaban J connectivity index is 4.93. The van der Waals surface area contributed by atoms with Gasteiger partial charge in [-0.2, -0.15) is 0 Å². The number of ether oxygens (including phenoxy) is 3. The Morgan fingerprint density at radius 3 is 1.30 bits per heavy atom. The Morgan fingerprint density at radius 2 is 0.818 bits per heavy atom. The van der Waals surface area contributed by atoms with Crippen LogP contribution in [-0.4, -0.2) is 66.5 Å². The van der Waals surface area contributed by atoms with Crippen molar-refractivity contribution in [3.8, 4) is 0 Å². The molecule has 12 heteroatoms. The topological polar surface area (TPSA) is 155 Å². The first-order valence-electron chi connectivity index (χ1n) is 24.8. The molecule has 66 heavy (non-hydrogen) atoms. The van der Waals surface area contributed by atoms with Crippen LogP contribution in [0, 0.1) is 0 Å². The van der Waals surface area contributed by atoms with Gasteiger partial charge in [0.05, 0.1) is 19.8 Å². The SMILES string of the molecule is CC/C=C\C/C=C\C/C=C\C/C=C\CCC(=O)OCC(COP(=O)(O)OCC(CO)OC(=O)CCCCCCC/C=C\CCCCCC)OC(=O)CC/C=C\C/C=C\C/C=C\C/C=C\CC. The van der Waals surface area contributed by atoms with Crippen LogP contribution in [0.4, 0.5) is 0 Å². The quantitative estimate of drug-likeness (QED) is 0.0197. The smallest absolute Gasteiger partial charge is 0.462 e. The van der Waals surface area contributed by atoms with Gasteiger partial charge in [0.2, 0.25) is 0 Å². The van der Waals surface area contributed by atoms with Crippen molar-refractivity contribution in [3.63, 3.8) is 0 Å². The van der Waals surface area contributed by atoms with Crippen molar-refractivity contribution in [3.05, 3.63) is 109 Å². The number of aliphatic hydroxyl groups excluding tert-OH is 1. The minimum atomic E-state index is -4.78. The average Bonchev–Trinajstić information content (AvgIpc) is 3.30. The molecule has 0 bridgehead atoms. The van der Waals surface area contributed by atoms with E-state index < -0.39 is 64.4 Å². The van der Waals surface area contributed by atoms with E-state index in [1.165, 1.54) is 25.7 Å². The van der Waals surface area contributed by atoms with E-state index in [0.717, 1.165) is 83.5 Å². The molecule has 374 valence electrons. The summed E-state index contributed by atoms with van der Waals surface area (Å²) in [5.74, 6) is -1.69. The lowest BCUT2D eigenvalue weighted by atomic mass is 10.1. The molecule has 0 radical (unpaired) electrons. The van der Waals surface area contributed by atoms with Crippen LogP contribution in [0.2, 0.25) is 0 Å². The number of esters is 3. The van der Waals surface area contributed by atoms with E-state index in [0.29, 0.717) is 25.7 Å². The molecule has 0 amide bonds. The summed E-state index contributed by atoms with van der Waals surface area (Å²) in [5.41, 5.74) is 0. The molecule has 0 saturated heterocycles. The lowest BCUT2D eigenvalue weighted by Gasteiger charge is -2.21. The first-order chi connectivity index (χ1) is 32.2. The van der Waals surface area contributed by atoms with E-state index in [1.807, 2.05) is 30.4 Å². The van der Waals surface area contributed by atoms with Crippen LogP contribution < -0.4 is 0 Å². The number of rotatable bonds is 44. The van der Waals surface area contributed by atoms with Crippen molar-refractivity contribution in [2.45, 2.75) is 187 Å². The lowest BCUT2D eigenvalue weighted by molar-refractivity contribution is -0.161. The summed E-state index contributed by atoms with van der Waals surface area (Å²) in [5, 5.41) is 9.76. The molecule has 0 aromatic rings. The van der Waals surface area contributed by atoms with E-state index in [4.69, 9.17) is 23.3 Å². The minimum absolute atomic E-state index is 0.0260. The number of unbranched alkanes of at least 4 members (excludes halogenated alkanes) is 9. The average molecular weight is 943 g/mol. The molecule has 0 spiro atoms. The summed E-state index contributed by atoms with van der Waals surface area (Å²) in [7, 11) is -4.78. The zero-order chi connectivity index (χ0) is 48.4. The number of carbonyl (C=O) groups excluding carboxylic acids is 3. The Morgan fingerprint density at radius 1 is 0.439 bits per heavy atom. The second-order valence-electron chi connectivity index (χ2n) is 15.9. The first-order valence-corrected chi connectivity index (χ1v) is 26.3. The highest BCUT2D eigenvalue weighted by atomic mass is 31.2. The van der Waals surface area contributed by atoms with Crippen LogP contribution >= 0.6 is 7.82 Å². The summed E-state index contributed by atoms with van der Waals surface area (Å²) >= 11 is 0. The predicted octanol–water partition coefficient (Wildman–Crippen LogP) is 13.9. The van der Waals surface area contributed by atoms with Crippen molar-refractivity contribution >= 4 is 25.7 Å². The molecule has 0 aliphatic heterocycles. The van der Waals surface area contributed by atoms with Crippen LogP contribution in [0.5, 0.6) is 0 Å². The van der Waals surface area contributed by atoms with E-state index in [9.17, 15) is 28.9 Å². The van der Waals surface area contributed by atoms with Crippen LogP contribution in [0.15, 0.2) is 109 Å². The van der Waals surface area contributed by atoms with Gasteiger partial charge in [-0.05, 0) is 96.3 Å². The van der Waals surface area contributed by atoms with Gasteiger partial charge in [-0.15, -0.1) is 0 Å². The number of allylic oxidation sites excluding steroid dienone is 18. The van der Waals surface area contributed by atoms with Crippen molar-refractivity contribution in [2.24, 2.45) is 0 Å². The highest BCUT2D eigenvalue weighted by Crippen LogP contribution is 2.43. The third-order valence-corrected chi connectivity index (χ3v) is 10.6. The second kappa shape index (κ2) is 47.6. The maximum absolute atomic E-state index is 12.8. The predicted molar refractivity (Wildman–Crippen MR) is 270 cm³/mol.